The molecule has 32 heavy (non-hydrogen) atoms. The lowest BCUT2D eigenvalue weighted by atomic mass is 10.0. The first-order valence-corrected chi connectivity index (χ1v) is 10.8. The van der Waals surface area contributed by atoms with Gasteiger partial charge in [-0.2, -0.15) is 5.26 Å². The summed E-state index contributed by atoms with van der Waals surface area (Å²) in [4.78, 5) is 37.7. The number of thioether (sulfide) groups is 1. The Morgan fingerprint density at radius 2 is 2.06 bits per heavy atom. The van der Waals surface area contributed by atoms with Crippen LogP contribution < -0.4 is 10.9 Å². The number of thiocarbonyl (C=S) groups is 1. The molecule has 11 heteroatoms. The molecule has 2 aromatic rings. The number of nitrogens with zero attached hydrogens (tertiary/aromatic N) is 3. The molecule has 0 radical (unpaired) electrons. The molecule has 1 fully saturated rings. The molecule has 0 bridgehead atoms. The number of rotatable bonds is 6. The molecule has 1 aliphatic rings. The second-order valence-corrected chi connectivity index (χ2v) is 8.93. The smallest absolute Gasteiger partial charge is 0.323 e. The van der Waals surface area contributed by atoms with E-state index in [0.717, 1.165) is 22.2 Å². The number of carboxylic acids is 1. The number of anilines is 1. The van der Waals surface area contributed by atoms with Crippen LogP contribution in [0.3, 0.4) is 0 Å². The fraction of sp³-hybridized carbons (Fsp3) is 0.190. The number of pyridine rings is 1. The van der Waals surface area contributed by atoms with E-state index in [9.17, 15) is 19.6 Å². The molecule has 1 aromatic heterocycles. The van der Waals surface area contributed by atoms with Crippen LogP contribution in [0.15, 0.2) is 34.0 Å². The second-order valence-electron chi connectivity index (χ2n) is 6.84. The van der Waals surface area contributed by atoms with Gasteiger partial charge in [0.1, 0.15) is 28.3 Å². The molecule has 0 unspecified atom stereocenters. The van der Waals surface area contributed by atoms with E-state index < -0.39 is 24.0 Å². The van der Waals surface area contributed by atoms with E-state index in [4.69, 9.17) is 28.9 Å². The minimum atomic E-state index is -1.19. The van der Waals surface area contributed by atoms with E-state index in [1.807, 2.05) is 18.2 Å². The van der Waals surface area contributed by atoms with Crippen LogP contribution in [0.25, 0.3) is 6.08 Å². The number of aromatic nitrogens is 1. The Hall–Kier alpha value is -3.13. The van der Waals surface area contributed by atoms with Gasteiger partial charge in [0.05, 0.1) is 4.91 Å². The third-order valence-electron chi connectivity index (χ3n) is 4.85. The zero-order valence-corrected chi connectivity index (χ0v) is 19.4. The fourth-order valence-corrected chi connectivity index (χ4v) is 4.61. The van der Waals surface area contributed by atoms with Gasteiger partial charge in [0, 0.05) is 24.2 Å². The van der Waals surface area contributed by atoms with Crippen LogP contribution in [0.4, 0.5) is 5.82 Å². The molecular weight excluding hydrogens is 472 g/mol. The third kappa shape index (κ3) is 4.55. The number of nitrogens with one attached hydrogen (secondary N) is 1. The summed E-state index contributed by atoms with van der Waals surface area (Å²) >= 11 is 12.3. The highest BCUT2D eigenvalue weighted by Crippen LogP contribution is 2.34. The number of carbonyl (C=O) groups is 2. The predicted molar refractivity (Wildman–Crippen MR) is 127 cm³/mol. The van der Waals surface area contributed by atoms with E-state index in [1.54, 1.807) is 19.1 Å². The number of amides is 1. The Labute approximate surface area is 198 Å². The Balaban J connectivity index is 2.10. The maximum absolute atomic E-state index is 12.7. The van der Waals surface area contributed by atoms with Gasteiger partial charge in [-0.1, -0.05) is 53.8 Å². The highest BCUT2D eigenvalue weighted by Gasteiger charge is 2.34. The van der Waals surface area contributed by atoms with Crippen molar-refractivity contribution in [2.24, 2.45) is 7.05 Å². The standard InChI is InChI=1S/C21H17ClN4O4S2/c1-11-13(7-16-20(30)26(10-17(27)28)21(31)32-16)18(25(2)19(29)14(11)8-23)24-9-12-5-3-4-6-15(12)22/h3-7,24H,9-10H2,1-2H3,(H,27,28)/b16-7+. The molecule has 0 saturated carbocycles. The van der Waals surface area contributed by atoms with Crippen LogP contribution in [0, 0.1) is 18.3 Å². The Bertz CT molecular complexity index is 1280. The number of carbonyl (C=O) groups excluding carboxylic acids is 1. The van der Waals surface area contributed by atoms with Crippen LogP contribution in [0.2, 0.25) is 5.02 Å². The summed E-state index contributed by atoms with van der Waals surface area (Å²) in [5.41, 5.74) is 1.10. The van der Waals surface area contributed by atoms with Gasteiger partial charge in [0.25, 0.3) is 11.5 Å². The van der Waals surface area contributed by atoms with Gasteiger partial charge in [0.2, 0.25) is 0 Å². The van der Waals surface area contributed by atoms with Gasteiger partial charge in [-0.25, -0.2) is 0 Å². The SMILES string of the molecule is Cc1c(/C=C2/SC(=S)N(CC(=O)O)C2=O)c(NCc2ccccc2Cl)n(C)c(=O)c1C#N. The largest absolute Gasteiger partial charge is 0.480 e. The van der Waals surface area contributed by atoms with Crippen molar-refractivity contribution in [2.75, 3.05) is 11.9 Å². The molecule has 2 heterocycles. The van der Waals surface area contributed by atoms with Crippen molar-refractivity contribution in [2.45, 2.75) is 13.5 Å². The van der Waals surface area contributed by atoms with E-state index in [2.05, 4.69) is 5.32 Å². The van der Waals surface area contributed by atoms with Crippen molar-refractivity contribution in [1.82, 2.24) is 9.47 Å². The van der Waals surface area contributed by atoms with Crippen LogP contribution in [0.5, 0.6) is 0 Å². The summed E-state index contributed by atoms with van der Waals surface area (Å²) in [6.07, 6.45) is 1.52. The maximum atomic E-state index is 12.7. The highest BCUT2D eigenvalue weighted by atomic mass is 35.5. The van der Waals surface area contributed by atoms with Crippen molar-refractivity contribution in [3.05, 3.63) is 66.8 Å². The molecule has 0 atom stereocenters. The van der Waals surface area contributed by atoms with E-state index >= 15 is 0 Å². The molecule has 1 aliphatic heterocycles. The van der Waals surface area contributed by atoms with Crippen molar-refractivity contribution < 1.29 is 14.7 Å². The van der Waals surface area contributed by atoms with Crippen molar-refractivity contribution in [3.8, 4) is 6.07 Å². The molecule has 0 spiro atoms. The summed E-state index contributed by atoms with van der Waals surface area (Å²) < 4.78 is 1.42. The van der Waals surface area contributed by atoms with Gasteiger partial charge in [-0.05, 0) is 30.2 Å². The minimum Gasteiger partial charge on any atom is -0.480 e. The number of benzene rings is 1. The molecule has 1 amide bonds. The van der Waals surface area contributed by atoms with Gasteiger partial charge in [-0.3, -0.25) is 23.9 Å². The summed E-state index contributed by atoms with van der Waals surface area (Å²) in [5, 5.41) is 22.2. The summed E-state index contributed by atoms with van der Waals surface area (Å²) in [7, 11) is 1.52. The molecule has 2 N–H and O–H groups in total. The van der Waals surface area contributed by atoms with E-state index in [1.165, 1.54) is 17.7 Å². The van der Waals surface area contributed by atoms with Crippen LogP contribution >= 0.6 is 35.6 Å². The topological polar surface area (TPSA) is 115 Å². The van der Waals surface area contributed by atoms with Gasteiger partial charge in [-0.15, -0.1) is 0 Å². The number of halogens is 1. The van der Waals surface area contributed by atoms with E-state index in [-0.39, 0.29) is 14.8 Å². The molecule has 1 saturated heterocycles. The Kier molecular flexibility index (Phi) is 7.03. The lowest BCUT2D eigenvalue weighted by molar-refractivity contribution is -0.140. The average molecular weight is 489 g/mol. The minimum absolute atomic E-state index is 0.0527. The third-order valence-corrected chi connectivity index (χ3v) is 6.59. The quantitative estimate of drug-likeness (QED) is 0.470. The molecule has 164 valence electrons. The first-order valence-electron chi connectivity index (χ1n) is 9.23. The zero-order chi connectivity index (χ0) is 23.6. The molecular formula is C21H17ClN4O4S2. The number of aliphatic carboxylic acids is 1. The second kappa shape index (κ2) is 9.56. The average Bonchev–Trinajstić information content (AvgIpc) is 3.00. The van der Waals surface area contributed by atoms with Crippen LogP contribution in [0.1, 0.15) is 22.3 Å². The van der Waals surface area contributed by atoms with Gasteiger partial charge in [0.15, 0.2) is 0 Å². The zero-order valence-electron chi connectivity index (χ0n) is 17.0. The summed E-state index contributed by atoms with van der Waals surface area (Å²) in [5.74, 6) is -1.35. The number of carboxylic acid groups (broad SMARTS) is 1. The fourth-order valence-electron chi connectivity index (χ4n) is 3.17. The normalized spacial score (nSPS) is 14.7. The Morgan fingerprint density at radius 3 is 2.69 bits per heavy atom. The molecule has 3 rings (SSSR count). The van der Waals surface area contributed by atoms with Crippen LogP contribution in [-0.4, -0.2) is 37.3 Å². The van der Waals surface area contributed by atoms with Gasteiger partial charge >= 0.3 is 5.97 Å². The predicted octanol–water partition coefficient (Wildman–Crippen LogP) is 3.12. The number of hydrogen-bond donors (Lipinski definition) is 2. The Morgan fingerprint density at radius 1 is 1.38 bits per heavy atom. The van der Waals surface area contributed by atoms with Crippen molar-refractivity contribution >= 4 is 63.7 Å². The monoisotopic (exact) mass is 488 g/mol. The first-order chi connectivity index (χ1) is 15.1. The van der Waals surface area contributed by atoms with Crippen molar-refractivity contribution in [1.29, 1.82) is 5.26 Å². The van der Waals surface area contributed by atoms with Crippen LogP contribution in [-0.2, 0) is 23.2 Å². The maximum Gasteiger partial charge on any atom is 0.323 e. The summed E-state index contributed by atoms with van der Waals surface area (Å²) in [6.45, 7) is 1.36. The lowest BCUT2D eigenvalue weighted by Crippen LogP contribution is -2.33. The molecule has 0 aliphatic carbocycles. The summed E-state index contributed by atoms with van der Waals surface area (Å²) in [6, 6.07) is 9.14. The van der Waals surface area contributed by atoms with Crippen molar-refractivity contribution in [3.63, 3.8) is 0 Å². The van der Waals surface area contributed by atoms with Gasteiger partial charge < -0.3 is 10.4 Å². The molecule has 8 nitrogen and oxygen atoms in total. The number of hydrogen-bond acceptors (Lipinski definition) is 7. The number of nitriles is 1. The van der Waals surface area contributed by atoms with E-state index in [0.29, 0.717) is 28.5 Å². The molecule has 1 aromatic carbocycles. The highest BCUT2D eigenvalue weighted by molar-refractivity contribution is 8.26. The lowest BCUT2D eigenvalue weighted by Gasteiger charge is -2.18. The first kappa shape index (κ1) is 23.5.